The van der Waals surface area contributed by atoms with E-state index in [1.54, 1.807) is 18.2 Å². The van der Waals surface area contributed by atoms with Gasteiger partial charge < -0.3 is 10.1 Å². The largest absolute Gasteiger partial charge is 0.465 e. The molecule has 0 atom stereocenters. The molecule has 112 valence electrons. The van der Waals surface area contributed by atoms with Gasteiger partial charge in [-0.1, -0.05) is 29.3 Å². The fourth-order valence-electron chi connectivity index (χ4n) is 1.46. The van der Waals surface area contributed by atoms with Crippen LogP contribution >= 0.6 is 23.2 Å². The number of rotatable bonds is 6. The van der Waals surface area contributed by atoms with Crippen LogP contribution in [0.15, 0.2) is 36.0 Å². The molecule has 0 aromatic heterocycles. The van der Waals surface area contributed by atoms with Crippen molar-refractivity contribution in [1.82, 2.24) is 5.32 Å². The quantitative estimate of drug-likeness (QED) is 0.377. The van der Waals surface area contributed by atoms with Crippen LogP contribution in [0.1, 0.15) is 12.5 Å². The van der Waals surface area contributed by atoms with Gasteiger partial charge in [-0.15, -0.1) is 0 Å². The number of carbonyl (C=O) groups excluding carboxylic acids is 2. The third-order valence-electron chi connectivity index (χ3n) is 2.52. The number of ketones is 1. The molecule has 1 aromatic rings. The molecule has 0 heterocycles. The highest BCUT2D eigenvalue weighted by atomic mass is 35.5. The van der Waals surface area contributed by atoms with Crippen LogP contribution in [0, 0.1) is 0 Å². The van der Waals surface area contributed by atoms with Crippen LogP contribution in [0.5, 0.6) is 0 Å². The van der Waals surface area contributed by atoms with Gasteiger partial charge >= 0.3 is 5.97 Å². The second kappa shape index (κ2) is 8.49. The summed E-state index contributed by atoms with van der Waals surface area (Å²) in [4.78, 5) is 23.6. The van der Waals surface area contributed by atoms with E-state index in [1.807, 2.05) is 6.92 Å². The Hall–Kier alpha value is -1.78. The number of benzene rings is 1. The summed E-state index contributed by atoms with van der Waals surface area (Å²) in [7, 11) is 1.21. The standard InChI is InChI=1S/C15H15Cl2NO3/c1-3-18-9-11(15(20)21-2)14(19)8-7-10-12(16)5-4-6-13(10)17/h4-9,18H,3H2,1-2H3/b8-7+,11-9-. The summed E-state index contributed by atoms with van der Waals surface area (Å²) < 4.78 is 4.58. The summed E-state index contributed by atoms with van der Waals surface area (Å²) in [5, 5.41) is 3.63. The molecule has 0 aliphatic carbocycles. The molecule has 0 aliphatic rings. The van der Waals surface area contributed by atoms with Crippen molar-refractivity contribution < 1.29 is 14.3 Å². The molecular formula is C15H15Cl2NO3. The predicted molar refractivity (Wildman–Crippen MR) is 84.3 cm³/mol. The Labute approximate surface area is 133 Å². The number of carbonyl (C=O) groups is 2. The van der Waals surface area contributed by atoms with E-state index >= 15 is 0 Å². The molecular weight excluding hydrogens is 313 g/mol. The van der Waals surface area contributed by atoms with Gasteiger partial charge in [-0.3, -0.25) is 4.79 Å². The van der Waals surface area contributed by atoms with Gasteiger partial charge in [-0.25, -0.2) is 4.79 Å². The number of nitrogens with one attached hydrogen (secondary N) is 1. The van der Waals surface area contributed by atoms with Crippen LogP contribution < -0.4 is 5.32 Å². The van der Waals surface area contributed by atoms with Crippen molar-refractivity contribution in [2.45, 2.75) is 6.92 Å². The molecule has 0 aliphatic heterocycles. The highest BCUT2D eigenvalue weighted by Crippen LogP contribution is 2.25. The molecule has 1 rings (SSSR count). The third-order valence-corrected chi connectivity index (χ3v) is 3.18. The normalized spacial score (nSPS) is 11.5. The molecule has 0 unspecified atom stereocenters. The van der Waals surface area contributed by atoms with Crippen molar-refractivity contribution in [3.8, 4) is 0 Å². The first-order chi connectivity index (χ1) is 10.0. The smallest absolute Gasteiger partial charge is 0.343 e. The summed E-state index contributed by atoms with van der Waals surface area (Å²) in [6.07, 6.45) is 4.02. The van der Waals surface area contributed by atoms with Gasteiger partial charge in [0.1, 0.15) is 5.57 Å². The van der Waals surface area contributed by atoms with E-state index in [4.69, 9.17) is 23.2 Å². The van der Waals surface area contributed by atoms with Gasteiger partial charge in [0.05, 0.1) is 7.11 Å². The third kappa shape index (κ3) is 4.92. The first-order valence-electron chi connectivity index (χ1n) is 6.19. The zero-order valence-corrected chi connectivity index (χ0v) is 13.2. The highest BCUT2D eigenvalue weighted by Gasteiger charge is 2.16. The van der Waals surface area contributed by atoms with E-state index in [0.717, 1.165) is 0 Å². The van der Waals surface area contributed by atoms with Gasteiger partial charge in [-0.05, 0) is 31.2 Å². The van der Waals surface area contributed by atoms with Crippen molar-refractivity contribution >= 4 is 41.0 Å². The number of esters is 1. The molecule has 0 saturated heterocycles. The van der Waals surface area contributed by atoms with Crippen molar-refractivity contribution in [3.63, 3.8) is 0 Å². The maximum atomic E-state index is 12.1. The first kappa shape index (κ1) is 17.3. The lowest BCUT2D eigenvalue weighted by atomic mass is 10.1. The maximum Gasteiger partial charge on any atom is 0.343 e. The molecule has 1 N–H and O–H groups in total. The Bertz CT molecular complexity index is 574. The molecule has 0 spiro atoms. The van der Waals surface area contributed by atoms with Crippen LogP contribution in [0.3, 0.4) is 0 Å². The minimum absolute atomic E-state index is 0.0984. The molecule has 6 heteroatoms. The van der Waals surface area contributed by atoms with E-state index in [-0.39, 0.29) is 5.57 Å². The monoisotopic (exact) mass is 327 g/mol. The fourth-order valence-corrected chi connectivity index (χ4v) is 1.99. The zero-order chi connectivity index (χ0) is 15.8. The second-order valence-corrected chi connectivity index (χ2v) is 4.75. The molecule has 0 saturated carbocycles. The van der Waals surface area contributed by atoms with E-state index in [1.165, 1.54) is 25.5 Å². The zero-order valence-electron chi connectivity index (χ0n) is 11.7. The topological polar surface area (TPSA) is 55.4 Å². The van der Waals surface area contributed by atoms with Crippen LogP contribution in [0.25, 0.3) is 6.08 Å². The number of hydrogen-bond acceptors (Lipinski definition) is 4. The Balaban J connectivity index is 3.01. The van der Waals surface area contributed by atoms with Gasteiger partial charge in [0.15, 0.2) is 5.78 Å². The van der Waals surface area contributed by atoms with Crippen LogP contribution in [-0.4, -0.2) is 25.4 Å². The van der Waals surface area contributed by atoms with Crippen LogP contribution in [0.2, 0.25) is 10.0 Å². The number of allylic oxidation sites excluding steroid dienone is 1. The summed E-state index contributed by atoms with van der Waals surface area (Å²) in [6, 6.07) is 5.02. The SMILES string of the molecule is CCN/C=C(/C(=O)/C=C/c1c(Cl)cccc1Cl)C(=O)OC. The van der Waals surface area contributed by atoms with E-state index in [0.29, 0.717) is 22.2 Å². The Kier molecular flexibility index (Phi) is 6.99. The number of halogens is 2. The van der Waals surface area contributed by atoms with Crippen molar-refractivity contribution in [1.29, 1.82) is 0 Å². The summed E-state index contributed by atoms with van der Waals surface area (Å²) in [6.45, 7) is 2.42. The lowest BCUT2D eigenvalue weighted by molar-refractivity contribution is -0.137. The lowest BCUT2D eigenvalue weighted by Crippen LogP contribution is -2.17. The molecule has 0 bridgehead atoms. The number of methoxy groups -OCH3 is 1. The van der Waals surface area contributed by atoms with Crippen LogP contribution in [0.4, 0.5) is 0 Å². The van der Waals surface area contributed by atoms with E-state index < -0.39 is 11.8 Å². The van der Waals surface area contributed by atoms with Gasteiger partial charge in [0.25, 0.3) is 0 Å². The lowest BCUT2D eigenvalue weighted by Gasteiger charge is -2.03. The fraction of sp³-hybridized carbons (Fsp3) is 0.200. The number of hydrogen-bond donors (Lipinski definition) is 1. The molecule has 0 radical (unpaired) electrons. The van der Waals surface area contributed by atoms with E-state index in [9.17, 15) is 9.59 Å². The average molecular weight is 328 g/mol. The summed E-state index contributed by atoms with van der Waals surface area (Å²) in [5.41, 5.74) is 0.417. The number of ether oxygens (including phenoxy) is 1. The minimum Gasteiger partial charge on any atom is -0.465 e. The molecule has 0 fully saturated rings. The van der Waals surface area contributed by atoms with Crippen LogP contribution in [-0.2, 0) is 14.3 Å². The van der Waals surface area contributed by atoms with Crippen molar-refractivity contribution in [2.75, 3.05) is 13.7 Å². The van der Waals surface area contributed by atoms with Crippen molar-refractivity contribution in [2.24, 2.45) is 0 Å². The Morgan fingerprint density at radius 3 is 2.43 bits per heavy atom. The molecule has 0 amide bonds. The Morgan fingerprint density at radius 2 is 1.90 bits per heavy atom. The first-order valence-corrected chi connectivity index (χ1v) is 6.95. The van der Waals surface area contributed by atoms with Crippen molar-refractivity contribution in [3.05, 3.63) is 51.7 Å². The summed E-state index contributed by atoms with van der Waals surface area (Å²) in [5.74, 6) is -1.21. The van der Waals surface area contributed by atoms with Gasteiger partial charge in [-0.2, -0.15) is 0 Å². The maximum absolute atomic E-state index is 12.1. The molecule has 1 aromatic carbocycles. The molecule has 4 nitrogen and oxygen atoms in total. The molecule has 21 heavy (non-hydrogen) atoms. The second-order valence-electron chi connectivity index (χ2n) is 3.94. The van der Waals surface area contributed by atoms with E-state index in [2.05, 4.69) is 10.1 Å². The predicted octanol–water partition coefficient (Wildman–Crippen LogP) is 3.24. The summed E-state index contributed by atoms with van der Waals surface area (Å²) >= 11 is 12.0. The van der Waals surface area contributed by atoms with Gasteiger partial charge in [0, 0.05) is 28.4 Å². The average Bonchev–Trinajstić information content (AvgIpc) is 2.46. The highest BCUT2D eigenvalue weighted by molar-refractivity contribution is 6.37. The minimum atomic E-state index is -0.712. The Morgan fingerprint density at radius 1 is 1.29 bits per heavy atom. The van der Waals surface area contributed by atoms with Gasteiger partial charge in [0.2, 0.25) is 0 Å².